The van der Waals surface area contributed by atoms with Crippen molar-refractivity contribution in [2.45, 2.75) is 18.8 Å². The van der Waals surface area contributed by atoms with Gasteiger partial charge in [-0.3, -0.25) is 10.1 Å². The van der Waals surface area contributed by atoms with Crippen LogP contribution in [0.5, 0.6) is 0 Å². The number of nitrogens with zero attached hydrogens (tertiary/aromatic N) is 1. The van der Waals surface area contributed by atoms with E-state index in [1.165, 1.54) is 6.07 Å². The van der Waals surface area contributed by atoms with Crippen LogP contribution in [-0.4, -0.2) is 4.92 Å². The number of non-ortho nitro benzene ring substituents is 1. The van der Waals surface area contributed by atoms with Gasteiger partial charge in [-0.05, 0) is 36.5 Å². The Hall–Kier alpha value is -1.38. The fourth-order valence-electron chi connectivity index (χ4n) is 1.22. The van der Waals surface area contributed by atoms with E-state index in [2.05, 4.69) is 6.07 Å². The predicted octanol–water partition coefficient (Wildman–Crippen LogP) is 2.27. The van der Waals surface area contributed by atoms with Crippen LogP contribution in [0.4, 0.5) is 5.69 Å². The summed E-state index contributed by atoms with van der Waals surface area (Å²) < 4.78 is 0. The molecule has 1 saturated carbocycles. The van der Waals surface area contributed by atoms with E-state index in [0.29, 0.717) is 5.92 Å². The molecule has 1 aliphatic rings. The van der Waals surface area contributed by atoms with Gasteiger partial charge in [0, 0.05) is 12.1 Å². The summed E-state index contributed by atoms with van der Waals surface area (Å²) in [6, 6.07) is 7.75. The number of nitro groups is 1. The van der Waals surface area contributed by atoms with Gasteiger partial charge in [0.2, 0.25) is 0 Å². The van der Waals surface area contributed by atoms with Crippen LogP contribution >= 0.6 is 0 Å². The maximum atomic E-state index is 10.4. The Kier molecular flexibility index (Phi) is 1.57. The Bertz CT molecular complexity index is 318. The molecule has 1 aliphatic carbocycles. The first-order valence-electron chi connectivity index (χ1n) is 3.93. The maximum absolute atomic E-state index is 10.4. The molecule has 0 unspecified atom stereocenters. The van der Waals surface area contributed by atoms with Crippen molar-refractivity contribution in [1.29, 1.82) is 0 Å². The lowest BCUT2D eigenvalue weighted by molar-refractivity contribution is -0.384. The molecular weight excluding hydrogens is 154 g/mol. The third-order valence-corrected chi connectivity index (χ3v) is 2.04. The smallest absolute Gasteiger partial charge is 0.258 e. The Labute approximate surface area is 70.2 Å². The Balaban J connectivity index is 2.32. The highest BCUT2D eigenvalue weighted by Crippen LogP contribution is 2.40. The minimum absolute atomic E-state index is 0.177. The summed E-state index contributed by atoms with van der Waals surface area (Å²) in [7, 11) is 0. The highest BCUT2D eigenvalue weighted by Gasteiger charge is 2.24. The van der Waals surface area contributed by atoms with Gasteiger partial charge < -0.3 is 0 Å². The van der Waals surface area contributed by atoms with Gasteiger partial charge in [0.15, 0.2) is 0 Å². The van der Waals surface area contributed by atoms with Crippen molar-refractivity contribution >= 4 is 5.69 Å². The molecule has 0 amide bonds. The predicted molar refractivity (Wildman–Crippen MR) is 43.9 cm³/mol. The summed E-state index contributed by atoms with van der Waals surface area (Å²) in [6.07, 6.45) is 2.30. The summed E-state index contributed by atoms with van der Waals surface area (Å²) >= 11 is 0. The third kappa shape index (κ3) is 1.30. The summed E-state index contributed by atoms with van der Waals surface area (Å²) in [5.74, 6) is 0.532. The van der Waals surface area contributed by atoms with Gasteiger partial charge in [-0.2, -0.15) is 0 Å². The van der Waals surface area contributed by atoms with E-state index in [0.717, 1.165) is 18.4 Å². The molecule has 1 radical (unpaired) electrons. The summed E-state index contributed by atoms with van der Waals surface area (Å²) in [5, 5.41) is 10.4. The molecular formula is C9H8NO2. The van der Waals surface area contributed by atoms with E-state index in [1.807, 2.05) is 0 Å². The molecule has 0 heterocycles. The van der Waals surface area contributed by atoms with Crippen molar-refractivity contribution in [3.05, 3.63) is 39.9 Å². The molecule has 12 heavy (non-hydrogen) atoms. The molecule has 2 rings (SSSR count). The van der Waals surface area contributed by atoms with Gasteiger partial charge in [0.25, 0.3) is 5.69 Å². The van der Waals surface area contributed by atoms with Crippen molar-refractivity contribution in [2.75, 3.05) is 0 Å². The van der Waals surface area contributed by atoms with Crippen LogP contribution in [0.15, 0.2) is 18.2 Å². The number of rotatable bonds is 2. The molecule has 3 nitrogen and oxygen atoms in total. The first-order valence-corrected chi connectivity index (χ1v) is 3.93. The zero-order valence-corrected chi connectivity index (χ0v) is 6.49. The monoisotopic (exact) mass is 162 g/mol. The van der Waals surface area contributed by atoms with E-state index in [-0.39, 0.29) is 10.6 Å². The van der Waals surface area contributed by atoms with Crippen molar-refractivity contribution in [1.82, 2.24) is 0 Å². The summed E-state index contributed by atoms with van der Waals surface area (Å²) in [4.78, 5) is 10.0. The molecule has 0 spiro atoms. The van der Waals surface area contributed by atoms with E-state index < -0.39 is 0 Å². The summed E-state index contributed by atoms with van der Waals surface area (Å²) in [6.45, 7) is 0. The van der Waals surface area contributed by atoms with Crippen LogP contribution in [0.1, 0.15) is 24.3 Å². The molecule has 1 fully saturated rings. The van der Waals surface area contributed by atoms with Crippen molar-refractivity contribution < 1.29 is 4.92 Å². The standard InChI is InChI=1S/C9H8NO2/c11-10(12)9-3-1-2-8(6-9)7-4-5-7/h1,3,6-7H,4-5H2. The zero-order chi connectivity index (χ0) is 8.55. The van der Waals surface area contributed by atoms with Crippen LogP contribution < -0.4 is 0 Å². The average Bonchev–Trinajstić information content (AvgIpc) is 2.87. The lowest BCUT2D eigenvalue weighted by atomic mass is 10.1. The second-order valence-electron chi connectivity index (χ2n) is 3.03. The van der Waals surface area contributed by atoms with Crippen molar-refractivity contribution in [3.8, 4) is 0 Å². The highest BCUT2D eigenvalue weighted by atomic mass is 16.6. The van der Waals surface area contributed by atoms with E-state index in [1.54, 1.807) is 12.1 Å². The van der Waals surface area contributed by atoms with Crippen LogP contribution in [0.2, 0.25) is 0 Å². The van der Waals surface area contributed by atoms with Crippen LogP contribution in [0.25, 0.3) is 0 Å². The van der Waals surface area contributed by atoms with Gasteiger partial charge in [-0.25, -0.2) is 0 Å². The van der Waals surface area contributed by atoms with E-state index in [4.69, 9.17) is 0 Å². The minimum Gasteiger partial charge on any atom is -0.258 e. The lowest BCUT2D eigenvalue weighted by Crippen LogP contribution is -1.88. The molecule has 0 saturated heterocycles. The molecule has 1 aromatic rings. The normalized spacial score (nSPS) is 16.0. The Morgan fingerprint density at radius 3 is 2.92 bits per heavy atom. The second kappa shape index (κ2) is 2.59. The molecule has 0 bridgehead atoms. The highest BCUT2D eigenvalue weighted by molar-refractivity contribution is 5.36. The lowest BCUT2D eigenvalue weighted by Gasteiger charge is -1.95. The van der Waals surface area contributed by atoms with E-state index >= 15 is 0 Å². The largest absolute Gasteiger partial charge is 0.269 e. The molecule has 0 atom stereocenters. The molecule has 1 aromatic carbocycles. The fraction of sp³-hybridized carbons (Fsp3) is 0.333. The van der Waals surface area contributed by atoms with Gasteiger partial charge in [0.1, 0.15) is 0 Å². The molecule has 61 valence electrons. The Morgan fingerprint density at radius 1 is 1.58 bits per heavy atom. The zero-order valence-electron chi connectivity index (χ0n) is 6.49. The topological polar surface area (TPSA) is 43.1 Å². The molecule has 0 N–H and O–H groups in total. The van der Waals surface area contributed by atoms with Crippen molar-refractivity contribution in [2.24, 2.45) is 0 Å². The van der Waals surface area contributed by atoms with Gasteiger partial charge in [-0.1, -0.05) is 0 Å². The number of benzene rings is 1. The first kappa shape index (κ1) is 7.28. The quantitative estimate of drug-likeness (QED) is 0.494. The van der Waals surface area contributed by atoms with Crippen LogP contribution in [0, 0.1) is 16.2 Å². The minimum atomic E-state index is -0.361. The van der Waals surface area contributed by atoms with Crippen LogP contribution in [-0.2, 0) is 0 Å². The molecule has 0 aliphatic heterocycles. The molecule has 0 aromatic heterocycles. The molecule has 3 heteroatoms. The Morgan fingerprint density at radius 2 is 2.33 bits per heavy atom. The van der Waals surface area contributed by atoms with Gasteiger partial charge >= 0.3 is 0 Å². The van der Waals surface area contributed by atoms with Crippen LogP contribution in [0.3, 0.4) is 0 Å². The fourth-order valence-corrected chi connectivity index (χ4v) is 1.22. The van der Waals surface area contributed by atoms with Gasteiger partial charge in [0.05, 0.1) is 4.92 Å². The average molecular weight is 162 g/mol. The first-order chi connectivity index (χ1) is 5.77. The third-order valence-electron chi connectivity index (χ3n) is 2.04. The van der Waals surface area contributed by atoms with Gasteiger partial charge in [-0.15, -0.1) is 0 Å². The second-order valence-corrected chi connectivity index (χ2v) is 3.03. The number of hydrogen-bond acceptors (Lipinski definition) is 2. The summed E-state index contributed by atoms with van der Waals surface area (Å²) in [5.41, 5.74) is 1.17. The van der Waals surface area contributed by atoms with E-state index in [9.17, 15) is 10.1 Å². The number of hydrogen-bond donors (Lipinski definition) is 0. The SMILES string of the molecule is O=[N+]([O-])c1cc[c]c(C2CC2)c1. The maximum Gasteiger partial charge on any atom is 0.269 e. The number of nitro benzene ring substituents is 1. The van der Waals surface area contributed by atoms with Crippen molar-refractivity contribution in [3.63, 3.8) is 0 Å².